The van der Waals surface area contributed by atoms with Gasteiger partial charge in [0.2, 0.25) is 5.91 Å². The van der Waals surface area contributed by atoms with E-state index in [-0.39, 0.29) is 5.91 Å². The van der Waals surface area contributed by atoms with Gasteiger partial charge >= 0.3 is 0 Å². The van der Waals surface area contributed by atoms with Crippen molar-refractivity contribution < 1.29 is 9.53 Å². The van der Waals surface area contributed by atoms with Crippen molar-refractivity contribution in [2.75, 3.05) is 26.3 Å². The molecule has 1 radical (unpaired) electrons. The monoisotopic (exact) mass is 157 g/mol. The second kappa shape index (κ2) is 4.31. The highest BCUT2D eigenvalue weighted by Crippen LogP contribution is 1.92. The summed E-state index contributed by atoms with van der Waals surface area (Å²) in [6, 6.07) is 0. The van der Waals surface area contributed by atoms with Gasteiger partial charge in [0.1, 0.15) is 0 Å². The Morgan fingerprint density at radius 3 is 2.73 bits per heavy atom. The predicted molar refractivity (Wildman–Crippen MR) is 40.5 cm³/mol. The number of hydrogen-bond donors (Lipinski definition) is 1. The molecule has 0 bridgehead atoms. The van der Waals surface area contributed by atoms with Crippen LogP contribution in [0.2, 0.25) is 0 Å². The number of morpholine rings is 1. The fourth-order valence-corrected chi connectivity index (χ4v) is 0.896. The fourth-order valence-electron chi connectivity index (χ4n) is 0.896. The summed E-state index contributed by atoms with van der Waals surface area (Å²) >= 11 is 0. The van der Waals surface area contributed by atoms with E-state index in [1.165, 1.54) is 6.42 Å². The van der Waals surface area contributed by atoms with Crippen molar-refractivity contribution in [3.63, 3.8) is 0 Å². The Labute approximate surface area is 66.5 Å². The number of hydrazine groups is 1. The van der Waals surface area contributed by atoms with Crippen molar-refractivity contribution in [2.45, 2.75) is 6.92 Å². The van der Waals surface area contributed by atoms with Crippen molar-refractivity contribution in [3.05, 3.63) is 6.42 Å². The molecule has 1 aliphatic rings. The van der Waals surface area contributed by atoms with E-state index >= 15 is 0 Å². The molecule has 0 aliphatic carbocycles. The van der Waals surface area contributed by atoms with Gasteiger partial charge in [0.25, 0.3) is 0 Å². The van der Waals surface area contributed by atoms with Crippen molar-refractivity contribution in [1.29, 1.82) is 0 Å². The molecule has 1 aliphatic heterocycles. The first-order chi connectivity index (χ1) is 5.33. The summed E-state index contributed by atoms with van der Waals surface area (Å²) in [5.41, 5.74) is 2.73. The highest BCUT2D eigenvalue weighted by Gasteiger charge is 2.11. The molecule has 1 rings (SSSR count). The van der Waals surface area contributed by atoms with Crippen LogP contribution in [0.3, 0.4) is 0 Å². The summed E-state index contributed by atoms with van der Waals surface area (Å²) in [6.07, 6.45) is 1.51. The minimum Gasteiger partial charge on any atom is -0.379 e. The minimum absolute atomic E-state index is 0.0492. The molecule has 1 saturated heterocycles. The molecule has 0 atom stereocenters. The van der Waals surface area contributed by atoms with Crippen LogP contribution in [-0.2, 0) is 9.53 Å². The molecule has 0 spiro atoms. The molecule has 1 fully saturated rings. The molecule has 1 heterocycles. The maximum absolute atomic E-state index is 10.8. The zero-order valence-corrected chi connectivity index (χ0v) is 6.67. The lowest BCUT2D eigenvalue weighted by Crippen LogP contribution is -2.48. The van der Waals surface area contributed by atoms with Gasteiger partial charge in [-0.25, -0.2) is 5.01 Å². The molecule has 63 valence electrons. The number of amides is 1. The van der Waals surface area contributed by atoms with Gasteiger partial charge in [0.05, 0.1) is 13.2 Å². The van der Waals surface area contributed by atoms with E-state index in [1.54, 1.807) is 6.92 Å². The van der Waals surface area contributed by atoms with Gasteiger partial charge in [0.15, 0.2) is 0 Å². The van der Waals surface area contributed by atoms with Gasteiger partial charge in [-0.15, -0.1) is 0 Å². The van der Waals surface area contributed by atoms with Gasteiger partial charge in [-0.1, -0.05) is 6.92 Å². The number of rotatable bonds is 2. The smallest absolute Gasteiger partial charge is 0.237 e. The largest absolute Gasteiger partial charge is 0.379 e. The van der Waals surface area contributed by atoms with Crippen LogP contribution in [0, 0.1) is 6.42 Å². The Hall–Kier alpha value is -0.610. The van der Waals surface area contributed by atoms with E-state index in [9.17, 15) is 4.79 Å². The van der Waals surface area contributed by atoms with Gasteiger partial charge in [0, 0.05) is 19.5 Å². The summed E-state index contributed by atoms with van der Waals surface area (Å²) in [7, 11) is 0. The minimum atomic E-state index is -0.0492. The molecule has 4 heteroatoms. The highest BCUT2D eigenvalue weighted by molar-refractivity contribution is 5.83. The Kier molecular flexibility index (Phi) is 3.32. The van der Waals surface area contributed by atoms with Gasteiger partial charge in [-0.3, -0.25) is 10.2 Å². The number of nitrogens with zero attached hydrogens (tertiary/aromatic N) is 1. The fraction of sp³-hybridized carbons (Fsp3) is 0.714. The average Bonchev–Trinajstić information content (AvgIpc) is 2.06. The third-order valence-electron chi connectivity index (χ3n) is 1.54. The van der Waals surface area contributed by atoms with Crippen LogP contribution in [0.15, 0.2) is 0 Å². The van der Waals surface area contributed by atoms with E-state index in [0.717, 1.165) is 13.1 Å². The first-order valence-corrected chi connectivity index (χ1v) is 3.75. The van der Waals surface area contributed by atoms with Crippen LogP contribution < -0.4 is 5.43 Å². The van der Waals surface area contributed by atoms with E-state index in [2.05, 4.69) is 5.43 Å². The summed E-state index contributed by atoms with van der Waals surface area (Å²) in [6.45, 7) is 4.67. The Balaban J connectivity index is 2.19. The van der Waals surface area contributed by atoms with E-state index in [0.29, 0.717) is 13.2 Å². The summed E-state index contributed by atoms with van der Waals surface area (Å²) in [5.74, 6) is -0.0492. The molecular weight excluding hydrogens is 144 g/mol. The van der Waals surface area contributed by atoms with Gasteiger partial charge in [-0.05, 0) is 0 Å². The molecule has 0 aromatic carbocycles. The lowest BCUT2D eigenvalue weighted by Gasteiger charge is -2.26. The highest BCUT2D eigenvalue weighted by atomic mass is 16.5. The standard InChI is InChI=1S/C7H13N2O2/c1-2-7(10)8-9-3-5-11-6-4-9/h2H,3-6H2,1H3,(H,8,10). The Bertz CT molecular complexity index is 132. The number of carbonyl (C=O) groups is 1. The lowest BCUT2D eigenvalue weighted by atomic mass is 10.4. The van der Waals surface area contributed by atoms with Crippen LogP contribution >= 0.6 is 0 Å². The molecule has 0 aromatic rings. The van der Waals surface area contributed by atoms with Crippen LogP contribution in [0.25, 0.3) is 0 Å². The Morgan fingerprint density at radius 2 is 2.18 bits per heavy atom. The summed E-state index contributed by atoms with van der Waals surface area (Å²) in [4.78, 5) is 10.8. The Morgan fingerprint density at radius 1 is 1.55 bits per heavy atom. The number of ether oxygens (including phenoxy) is 1. The van der Waals surface area contributed by atoms with Gasteiger partial charge < -0.3 is 4.74 Å². The first-order valence-electron chi connectivity index (χ1n) is 3.75. The van der Waals surface area contributed by atoms with E-state index in [4.69, 9.17) is 4.74 Å². The molecule has 1 amide bonds. The van der Waals surface area contributed by atoms with E-state index in [1.807, 2.05) is 5.01 Å². The summed E-state index contributed by atoms with van der Waals surface area (Å²) < 4.78 is 5.11. The van der Waals surface area contributed by atoms with Crippen LogP contribution in [0.1, 0.15) is 6.92 Å². The molecule has 11 heavy (non-hydrogen) atoms. The summed E-state index contributed by atoms with van der Waals surface area (Å²) in [5, 5.41) is 1.87. The average molecular weight is 157 g/mol. The number of hydrogen-bond acceptors (Lipinski definition) is 3. The topological polar surface area (TPSA) is 41.6 Å². The molecule has 0 aromatic heterocycles. The van der Waals surface area contributed by atoms with Crippen LogP contribution in [-0.4, -0.2) is 37.2 Å². The lowest BCUT2D eigenvalue weighted by molar-refractivity contribution is -0.124. The van der Waals surface area contributed by atoms with Crippen molar-refractivity contribution in [1.82, 2.24) is 10.4 Å². The zero-order chi connectivity index (χ0) is 8.10. The normalized spacial score (nSPS) is 19.7. The third-order valence-corrected chi connectivity index (χ3v) is 1.54. The molecule has 0 saturated carbocycles. The number of carbonyl (C=O) groups excluding carboxylic acids is 1. The third kappa shape index (κ3) is 2.86. The molecule has 4 nitrogen and oxygen atoms in total. The van der Waals surface area contributed by atoms with Crippen molar-refractivity contribution in [3.8, 4) is 0 Å². The molecule has 0 unspecified atom stereocenters. The maximum atomic E-state index is 10.8. The quantitative estimate of drug-likeness (QED) is 0.591. The molecule has 1 N–H and O–H groups in total. The second-order valence-corrected chi connectivity index (χ2v) is 2.36. The van der Waals surface area contributed by atoms with E-state index < -0.39 is 0 Å². The van der Waals surface area contributed by atoms with Crippen molar-refractivity contribution >= 4 is 5.91 Å². The predicted octanol–water partition coefficient (Wildman–Crippen LogP) is -0.426. The van der Waals surface area contributed by atoms with Crippen LogP contribution in [0.4, 0.5) is 0 Å². The van der Waals surface area contributed by atoms with Crippen molar-refractivity contribution in [2.24, 2.45) is 0 Å². The molecular formula is C7H13N2O2. The number of nitrogens with one attached hydrogen (secondary N) is 1. The zero-order valence-electron chi connectivity index (χ0n) is 6.67. The second-order valence-electron chi connectivity index (χ2n) is 2.36. The van der Waals surface area contributed by atoms with Crippen LogP contribution in [0.5, 0.6) is 0 Å². The van der Waals surface area contributed by atoms with Gasteiger partial charge in [-0.2, -0.15) is 0 Å². The first kappa shape index (κ1) is 8.49. The SMILES string of the molecule is C[CH]C(=O)NN1CCOCC1. The maximum Gasteiger partial charge on any atom is 0.237 e.